The van der Waals surface area contributed by atoms with E-state index in [-0.39, 0.29) is 11.3 Å². The van der Waals surface area contributed by atoms with E-state index in [0.717, 1.165) is 11.9 Å². The number of carbonyl (C=O) groups is 1. The number of fused-ring (bicyclic) bond motifs is 1. The molecule has 0 aliphatic rings. The minimum absolute atomic E-state index is 0.157. The van der Waals surface area contributed by atoms with Crippen LogP contribution in [0.15, 0.2) is 69.6 Å². The molecule has 0 saturated heterocycles. The van der Waals surface area contributed by atoms with Gasteiger partial charge in [0.1, 0.15) is 5.52 Å². The van der Waals surface area contributed by atoms with Gasteiger partial charge in [-0.05, 0) is 70.2 Å². The van der Waals surface area contributed by atoms with E-state index < -0.39 is 10.8 Å². The molecule has 1 amide bonds. The van der Waals surface area contributed by atoms with Gasteiger partial charge in [-0.1, -0.05) is 26.0 Å². The molecule has 0 unspecified atom stereocenters. The zero-order valence-electron chi connectivity index (χ0n) is 17.5. The fraction of sp³-hybridized carbons (Fsp3) is 0.167. The fourth-order valence-electron chi connectivity index (χ4n) is 3.34. The van der Waals surface area contributed by atoms with E-state index in [2.05, 4.69) is 46.1 Å². The molecule has 3 aromatic carbocycles. The number of oxazole rings is 1. The molecule has 0 radical (unpaired) electrons. The number of amides is 1. The number of non-ortho nitro benzene ring substituents is 1. The van der Waals surface area contributed by atoms with Crippen LogP contribution < -0.4 is 5.32 Å². The topological polar surface area (TPSA) is 98.3 Å². The summed E-state index contributed by atoms with van der Waals surface area (Å²) in [5.74, 6) is 0.425. The van der Waals surface area contributed by atoms with Crippen molar-refractivity contribution in [2.75, 3.05) is 5.32 Å². The first kappa shape index (κ1) is 21.7. The first-order valence-corrected chi connectivity index (χ1v) is 10.9. The molecule has 1 aromatic heterocycles. The molecule has 7 nitrogen and oxygen atoms in total. The van der Waals surface area contributed by atoms with E-state index in [1.165, 1.54) is 23.8 Å². The van der Waals surface area contributed by atoms with Gasteiger partial charge in [0.25, 0.3) is 11.6 Å². The summed E-state index contributed by atoms with van der Waals surface area (Å²) in [6.07, 6.45) is 1.04. The van der Waals surface area contributed by atoms with Crippen molar-refractivity contribution in [1.82, 2.24) is 4.98 Å². The second-order valence-corrected chi connectivity index (χ2v) is 8.37. The van der Waals surface area contributed by atoms with Crippen LogP contribution in [0.25, 0.3) is 22.6 Å². The number of anilines is 1. The van der Waals surface area contributed by atoms with E-state index in [1.807, 2.05) is 18.2 Å². The third-order valence-electron chi connectivity index (χ3n) is 5.37. The molecule has 162 valence electrons. The number of benzene rings is 3. The zero-order chi connectivity index (χ0) is 22.8. The number of nitrogens with zero attached hydrogens (tertiary/aromatic N) is 2. The van der Waals surface area contributed by atoms with Crippen molar-refractivity contribution in [2.24, 2.45) is 0 Å². The van der Waals surface area contributed by atoms with Gasteiger partial charge in [0.05, 0.1) is 10.5 Å². The minimum atomic E-state index is -0.538. The van der Waals surface area contributed by atoms with Crippen LogP contribution in [-0.2, 0) is 0 Å². The van der Waals surface area contributed by atoms with Crippen molar-refractivity contribution in [3.8, 4) is 11.5 Å². The van der Waals surface area contributed by atoms with Crippen molar-refractivity contribution in [2.45, 2.75) is 26.2 Å². The van der Waals surface area contributed by atoms with Crippen molar-refractivity contribution in [3.63, 3.8) is 0 Å². The van der Waals surface area contributed by atoms with Gasteiger partial charge in [-0.15, -0.1) is 0 Å². The molecule has 0 saturated carbocycles. The van der Waals surface area contributed by atoms with Crippen LogP contribution in [0.1, 0.15) is 42.1 Å². The Hall–Kier alpha value is -3.52. The molecule has 0 bridgehead atoms. The van der Waals surface area contributed by atoms with Crippen molar-refractivity contribution in [1.29, 1.82) is 0 Å². The smallest absolute Gasteiger partial charge is 0.270 e. The van der Waals surface area contributed by atoms with Crippen LogP contribution >= 0.6 is 15.9 Å². The lowest BCUT2D eigenvalue weighted by atomic mass is 9.98. The number of nitro groups is 1. The largest absolute Gasteiger partial charge is 0.436 e. The highest BCUT2D eigenvalue weighted by Crippen LogP contribution is 2.30. The summed E-state index contributed by atoms with van der Waals surface area (Å²) in [6.45, 7) is 4.32. The van der Waals surface area contributed by atoms with Gasteiger partial charge in [-0.25, -0.2) is 4.98 Å². The Balaban J connectivity index is 1.61. The molecule has 32 heavy (non-hydrogen) atoms. The monoisotopic (exact) mass is 493 g/mol. The van der Waals surface area contributed by atoms with E-state index in [0.29, 0.717) is 33.1 Å². The van der Waals surface area contributed by atoms with Crippen LogP contribution in [0.3, 0.4) is 0 Å². The molecule has 1 heterocycles. The summed E-state index contributed by atoms with van der Waals surface area (Å²) >= 11 is 3.28. The quantitative estimate of drug-likeness (QED) is 0.232. The summed E-state index contributed by atoms with van der Waals surface area (Å²) in [7, 11) is 0. The van der Waals surface area contributed by atoms with Gasteiger partial charge < -0.3 is 9.73 Å². The predicted molar refractivity (Wildman–Crippen MR) is 127 cm³/mol. The molecule has 0 aliphatic heterocycles. The van der Waals surface area contributed by atoms with Crippen molar-refractivity contribution >= 4 is 44.3 Å². The highest BCUT2D eigenvalue weighted by atomic mass is 79.9. The van der Waals surface area contributed by atoms with Crippen LogP contribution in [-0.4, -0.2) is 15.8 Å². The number of nitro benzene ring substituents is 1. The predicted octanol–water partition coefficient (Wildman–Crippen LogP) is 6.93. The zero-order valence-corrected chi connectivity index (χ0v) is 19.0. The summed E-state index contributed by atoms with van der Waals surface area (Å²) < 4.78 is 6.39. The second kappa shape index (κ2) is 8.92. The number of halogens is 1. The molecular formula is C24H20BrN3O4. The van der Waals surface area contributed by atoms with E-state index in [4.69, 9.17) is 4.42 Å². The van der Waals surface area contributed by atoms with Crippen LogP contribution in [0, 0.1) is 10.1 Å². The van der Waals surface area contributed by atoms with Gasteiger partial charge >= 0.3 is 0 Å². The average molecular weight is 494 g/mol. The van der Waals surface area contributed by atoms with E-state index >= 15 is 0 Å². The average Bonchev–Trinajstić information content (AvgIpc) is 3.22. The molecule has 0 spiro atoms. The third kappa shape index (κ3) is 4.40. The Kier molecular flexibility index (Phi) is 6.05. The van der Waals surface area contributed by atoms with Crippen LogP contribution in [0.2, 0.25) is 0 Å². The maximum atomic E-state index is 12.7. The maximum Gasteiger partial charge on any atom is 0.270 e. The standard InChI is InChI=1S/C24H20BrN3O4/c1-3-14(2)15-7-10-22-21(12-15)27-24(32-22)16-5-4-6-17(11-16)26-23(29)19-13-18(28(30)31)8-9-20(19)25/h4-14H,3H2,1-2H3,(H,26,29)/t14-/m0/s1. The molecule has 4 rings (SSSR count). The number of rotatable bonds is 6. The molecule has 4 aromatic rings. The summed E-state index contributed by atoms with van der Waals surface area (Å²) in [6, 6.07) is 17.2. The Morgan fingerprint density at radius 1 is 1.19 bits per heavy atom. The van der Waals surface area contributed by atoms with Crippen LogP contribution in [0.4, 0.5) is 11.4 Å². The van der Waals surface area contributed by atoms with E-state index in [1.54, 1.807) is 18.2 Å². The van der Waals surface area contributed by atoms with Gasteiger partial charge in [-0.3, -0.25) is 14.9 Å². The Morgan fingerprint density at radius 3 is 2.75 bits per heavy atom. The molecular weight excluding hydrogens is 474 g/mol. The number of carbonyl (C=O) groups excluding carboxylic acids is 1. The van der Waals surface area contributed by atoms with Crippen molar-refractivity contribution < 1.29 is 14.1 Å². The van der Waals surface area contributed by atoms with Gasteiger partial charge in [0, 0.05) is 27.9 Å². The normalized spacial score (nSPS) is 12.0. The van der Waals surface area contributed by atoms with Gasteiger partial charge in [0.2, 0.25) is 5.89 Å². The molecule has 0 fully saturated rings. The summed E-state index contributed by atoms with van der Waals surface area (Å²) in [5.41, 5.74) is 3.94. The van der Waals surface area contributed by atoms with Crippen molar-refractivity contribution in [3.05, 3.63) is 86.4 Å². The lowest BCUT2D eigenvalue weighted by Crippen LogP contribution is -2.13. The summed E-state index contributed by atoms with van der Waals surface area (Å²) in [4.78, 5) is 27.8. The Labute approximate surface area is 192 Å². The third-order valence-corrected chi connectivity index (χ3v) is 6.06. The molecule has 1 N–H and O–H groups in total. The van der Waals surface area contributed by atoms with E-state index in [9.17, 15) is 14.9 Å². The number of hydrogen-bond acceptors (Lipinski definition) is 5. The number of hydrogen-bond donors (Lipinski definition) is 1. The highest BCUT2D eigenvalue weighted by Gasteiger charge is 2.17. The summed E-state index contributed by atoms with van der Waals surface area (Å²) in [5, 5.41) is 13.8. The van der Waals surface area contributed by atoms with Crippen LogP contribution in [0.5, 0.6) is 0 Å². The van der Waals surface area contributed by atoms with Gasteiger partial charge in [0.15, 0.2) is 5.58 Å². The SMILES string of the molecule is CC[C@H](C)c1ccc2oc(-c3cccc(NC(=O)c4cc([N+](=O)[O-])ccc4Br)c3)nc2c1. The lowest BCUT2D eigenvalue weighted by Gasteiger charge is -2.08. The first-order chi connectivity index (χ1) is 15.4. The number of nitrogens with one attached hydrogen (secondary N) is 1. The number of aromatic nitrogens is 1. The lowest BCUT2D eigenvalue weighted by molar-refractivity contribution is -0.384. The fourth-order valence-corrected chi connectivity index (χ4v) is 3.77. The Bertz CT molecular complexity index is 1330. The molecule has 0 aliphatic carbocycles. The highest BCUT2D eigenvalue weighted by molar-refractivity contribution is 9.10. The Morgan fingerprint density at radius 2 is 2.00 bits per heavy atom. The van der Waals surface area contributed by atoms with Gasteiger partial charge in [-0.2, -0.15) is 0 Å². The first-order valence-electron chi connectivity index (χ1n) is 10.1. The molecule has 1 atom stereocenters. The second-order valence-electron chi connectivity index (χ2n) is 7.51. The minimum Gasteiger partial charge on any atom is -0.436 e. The molecule has 8 heteroatoms. The maximum absolute atomic E-state index is 12.7.